The van der Waals surface area contributed by atoms with Crippen LogP contribution in [0.1, 0.15) is 23.6 Å². The molecule has 3 rings (SSSR count). The molecule has 0 aliphatic rings. The van der Waals surface area contributed by atoms with Crippen molar-refractivity contribution in [1.82, 2.24) is 0 Å². The number of benzene rings is 3. The second kappa shape index (κ2) is 9.97. The Balaban J connectivity index is 1.64. The Labute approximate surface area is 177 Å². The molecular weight excluding hydrogens is 412 g/mol. The summed E-state index contributed by atoms with van der Waals surface area (Å²) in [6.07, 6.45) is -2.86. The van der Waals surface area contributed by atoms with Crippen molar-refractivity contribution < 1.29 is 27.0 Å². The van der Waals surface area contributed by atoms with E-state index in [-0.39, 0.29) is 12.4 Å². The first-order chi connectivity index (χ1) is 14.8. The predicted octanol–water partition coefficient (Wildman–Crippen LogP) is 6.27. The molecule has 0 radical (unpaired) electrons. The van der Waals surface area contributed by atoms with E-state index in [0.717, 1.165) is 17.7 Å². The fourth-order valence-electron chi connectivity index (χ4n) is 2.65. The van der Waals surface area contributed by atoms with Gasteiger partial charge in [0.2, 0.25) is 0 Å². The molecule has 31 heavy (non-hydrogen) atoms. The number of alkyl halides is 3. The minimum atomic E-state index is -4.38. The average Bonchev–Trinajstić information content (AvgIpc) is 2.74. The van der Waals surface area contributed by atoms with Crippen LogP contribution in [0.4, 0.5) is 23.2 Å². The zero-order chi connectivity index (χ0) is 22.3. The largest absolute Gasteiger partial charge is 0.490 e. The van der Waals surface area contributed by atoms with Crippen molar-refractivity contribution in [3.8, 4) is 11.5 Å². The summed E-state index contributed by atoms with van der Waals surface area (Å²) in [6.45, 7) is 2.53. The lowest BCUT2D eigenvalue weighted by Crippen LogP contribution is -2.04. The van der Waals surface area contributed by atoms with E-state index in [9.17, 15) is 17.6 Å². The maximum Gasteiger partial charge on any atom is 0.416 e. The first-order valence-corrected chi connectivity index (χ1v) is 9.45. The SMILES string of the molecule is CCOc1cc(C=NNc2ccc(C(F)(F)F)cc2)ccc1OCc1ccc(F)cc1. The molecular formula is C23H20F4N2O2. The number of anilines is 1. The number of rotatable bonds is 8. The van der Waals surface area contributed by atoms with Crippen molar-refractivity contribution >= 4 is 11.9 Å². The number of ether oxygens (including phenoxy) is 2. The van der Waals surface area contributed by atoms with Crippen LogP contribution in [0.3, 0.4) is 0 Å². The van der Waals surface area contributed by atoms with Crippen LogP contribution in [-0.4, -0.2) is 12.8 Å². The molecule has 0 aromatic heterocycles. The molecule has 0 aliphatic heterocycles. The Hall–Kier alpha value is -3.55. The molecule has 3 aromatic rings. The van der Waals surface area contributed by atoms with Gasteiger partial charge < -0.3 is 9.47 Å². The van der Waals surface area contributed by atoms with E-state index in [1.54, 1.807) is 30.3 Å². The molecule has 4 nitrogen and oxygen atoms in total. The summed E-state index contributed by atoms with van der Waals surface area (Å²) in [5.74, 6) is 0.731. The van der Waals surface area contributed by atoms with Crippen molar-refractivity contribution in [2.45, 2.75) is 19.7 Å². The summed E-state index contributed by atoms with van der Waals surface area (Å²) in [5.41, 5.74) is 3.91. The highest BCUT2D eigenvalue weighted by Crippen LogP contribution is 2.30. The minimum absolute atomic E-state index is 0.253. The van der Waals surface area contributed by atoms with Gasteiger partial charge in [0, 0.05) is 0 Å². The quantitative estimate of drug-likeness (QED) is 0.259. The molecule has 0 amide bonds. The maximum atomic E-state index is 13.0. The van der Waals surface area contributed by atoms with Gasteiger partial charge in [0.25, 0.3) is 0 Å². The molecule has 0 unspecified atom stereocenters. The van der Waals surface area contributed by atoms with Crippen LogP contribution in [0.15, 0.2) is 71.8 Å². The fourth-order valence-corrected chi connectivity index (χ4v) is 2.65. The Morgan fingerprint density at radius 2 is 1.61 bits per heavy atom. The monoisotopic (exact) mass is 432 g/mol. The molecule has 1 N–H and O–H groups in total. The molecule has 0 saturated heterocycles. The van der Waals surface area contributed by atoms with Crippen molar-refractivity contribution in [3.63, 3.8) is 0 Å². The number of nitrogens with one attached hydrogen (secondary N) is 1. The van der Waals surface area contributed by atoms with Crippen LogP contribution in [0.5, 0.6) is 11.5 Å². The highest BCUT2D eigenvalue weighted by molar-refractivity contribution is 5.81. The Morgan fingerprint density at radius 1 is 0.903 bits per heavy atom. The average molecular weight is 432 g/mol. The molecule has 3 aromatic carbocycles. The Bertz CT molecular complexity index is 1020. The van der Waals surface area contributed by atoms with E-state index in [2.05, 4.69) is 10.5 Å². The molecule has 0 bridgehead atoms. The molecule has 0 spiro atoms. The van der Waals surface area contributed by atoms with E-state index in [0.29, 0.717) is 29.4 Å². The van der Waals surface area contributed by atoms with Gasteiger partial charge in [-0.1, -0.05) is 12.1 Å². The maximum absolute atomic E-state index is 13.0. The van der Waals surface area contributed by atoms with Crippen LogP contribution < -0.4 is 14.9 Å². The molecule has 0 atom stereocenters. The first-order valence-electron chi connectivity index (χ1n) is 9.45. The topological polar surface area (TPSA) is 42.8 Å². The highest BCUT2D eigenvalue weighted by atomic mass is 19.4. The lowest BCUT2D eigenvalue weighted by atomic mass is 10.2. The summed E-state index contributed by atoms with van der Waals surface area (Å²) in [4.78, 5) is 0. The van der Waals surface area contributed by atoms with Gasteiger partial charge >= 0.3 is 6.18 Å². The van der Waals surface area contributed by atoms with E-state index < -0.39 is 11.7 Å². The summed E-state index contributed by atoms with van der Waals surface area (Å²) >= 11 is 0. The van der Waals surface area contributed by atoms with Crippen LogP contribution >= 0.6 is 0 Å². The van der Waals surface area contributed by atoms with E-state index in [1.165, 1.54) is 30.5 Å². The zero-order valence-corrected chi connectivity index (χ0v) is 16.6. The third-order valence-corrected chi connectivity index (χ3v) is 4.19. The number of halogens is 4. The smallest absolute Gasteiger partial charge is 0.416 e. The number of hydrogen-bond donors (Lipinski definition) is 1. The fraction of sp³-hybridized carbons (Fsp3) is 0.174. The third-order valence-electron chi connectivity index (χ3n) is 4.19. The van der Waals surface area contributed by atoms with E-state index in [4.69, 9.17) is 9.47 Å². The number of hydrazone groups is 1. The van der Waals surface area contributed by atoms with Crippen molar-refractivity contribution in [2.75, 3.05) is 12.0 Å². The van der Waals surface area contributed by atoms with Gasteiger partial charge in [-0.2, -0.15) is 18.3 Å². The van der Waals surface area contributed by atoms with Gasteiger partial charge in [0.1, 0.15) is 12.4 Å². The van der Waals surface area contributed by atoms with Crippen molar-refractivity contribution in [1.29, 1.82) is 0 Å². The van der Waals surface area contributed by atoms with E-state index in [1.807, 2.05) is 6.92 Å². The van der Waals surface area contributed by atoms with Gasteiger partial charge in [0.15, 0.2) is 11.5 Å². The van der Waals surface area contributed by atoms with Gasteiger partial charge in [-0.25, -0.2) is 4.39 Å². The molecule has 0 heterocycles. The normalized spacial score (nSPS) is 11.5. The molecule has 0 fully saturated rings. The first kappa shape index (κ1) is 22.1. The van der Waals surface area contributed by atoms with Gasteiger partial charge in [-0.05, 0) is 72.6 Å². The summed E-state index contributed by atoms with van der Waals surface area (Å²) in [5, 5.41) is 4.05. The molecule has 0 saturated carbocycles. The number of nitrogens with zero attached hydrogens (tertiary/aromatic N) is 1. The second-order valence-electron chi connectivity index (χ2n) is 6.50. The minimum Gasteiger partial charge on any atom is -0.490 e. The second-order valence-corrected chi connectivity index (χ2v) is 6.50. The summed E-state index contributed by atoms with van der Waals surface area (Å²) in [7, 11) is 0. The summed E-state index contributed by atoms with van der Waals surface area (Å²) in [6, 6.07) is 15.8. The number of hydrogen-bond acceptors (Lipinski definition) is 4. The molecule has 162 valence electrons. The van der Waals surface area contributed by atoms with Crippen molar-refractivity contribution in [2.24, 2.45) is 5.10 Å². The highest BCUT2D eigenvalue weighted by Gasteiger charge is 2.29. The zero-order valence-electron chi connectivity index (χ0n) is 16.6. The van der Waals surface area contributed by atoms with Gasteiger partial charge in [0.05, 0.1) is 24.1 Å². The Kier molecular flexibility index (Phi) is 7.12. The lowest BCUT2D eigenvalue weighted by Gasteiger charge is -2.12. The predicted molar refractivity (Wildman–Crippen MR) is 111 cm³/mol. The molecule has 8 heteroatoms. The Morgan fingerprint density at radius 3 is 2.26 bits per heavy atom. The molecule has 0 aliphatic carbocycles. The van der Waals surface area contributed by atoms with Gasteiger partial charge in [-0.15, -0.1) is 0 Å². The lowest BCUT2D eigenvalue weighted by molar-refractivity contribution is -0.137. The van der Waals surface area contributed by atoms with Crippen LogP contribution in [0.25, 0.3) is 0 Å². The van der Waals surface area contributed by atoms with Crippen LogP contribution in [-0.2, 0) is 12.8 Å². The van der Waals surface area contributed by atoms with Crippen LogP contribution in [0, 0.1) is 5.82 Å². The standard InChI is InChI=1S/C23H20F4N2O2/c1-2-30-22-13-17(5-12-21(22)31-15-16-3-8-19(24)9-4-16)14-28-29-20-10-6-18(7-11-20)23(25,26)27/h3-14,29H,2,15H2,1H3. The third kappa shape index (κ3) is 6.47. The van der Waals surface area contributed by atoms with Crippen LogP contribution in [0.2, 0.25) is 0 Å². The van der Waals surface area contributed by atoms with Crippen molar-refractivity contribution in [3.05, 3.63) is 89.2 Å². The summed E-state index contributed by atoms with van der Waals surface area (Å²) < 4.78 is 62.2. The van der Waals surface area contributed by atoms with E-state index >= 15 is 0 Å². The van der Waals surface area contributed by atoms with Gasteiger partial charge in [-0.3, -0.25) is 5.43 Å².